The third-order valence-corrected chi connectivity index (χ3v) is 7.54. The molecular formula is C27H26FN5O4. The van der Waals surface area contributed by atoms with Gasteiger partial charge in [0.15, 0.2) is 0 Å². The van der Waals surface area contributed by atoms with Crippen LogP contribution in [0.15, 0.2) is 48.5 Å². The van der Waals surface area contributed by atoms with Gasteiger partial charge in [-0.25, -0.2) is 4.39 Å². The van der Waals surface area contributed by atoms with E-state index in [2.05, 4.69) is 16.7 Å². The maximum Gasteiger partial charge on any atom is 0.313 e. The summed E-state index contributed by atoms with van der Waals surface area (Å²) >= 11 is 0. The lowest BCUT2D eigenvalue weighted by Crippen LogP contribution is -2.53. The number of para-hydroxylation sites is 1. The predicted octanol–water partition coefficient (Wildman–Crippen LogP) is 2.41. The van der Waals surface area contributed by atoms with Crippen LogP contribution in [0.4, 0.5) is 15.8 Å². The van der Waals surface area contributed by atoms with Crippen LogP contribution < -0.4 is 10.6 Å². The number of carbonyl (C=O) groups is 4. The van der Waals surface area contributed by atoms with Crippen LogP contribution in [0.5, 0.6) is 0 Å². The fourth-order valence-corrected chi connectivity index (χ4v) is 5.29. The molecule has 0 unspecified atom stereocenters. The minimum atomic E-state index is -1.04. The Bertz CT molecular complexity index is 1320. The van der Waals surface area contributed by atoms with Crippen molar-refractivity contribution >= 4 is 35.0 Å². The molecule has 1 saturated heterocycles. The second kappa shape index (κ2) is 9.32. The molecule has 3 atom stereocenters. The van der Waals surface area contributed by atoms with Gasteiger partial charge in [0.1, 0.15) is 17.9 Å². The number of hydrogen-bond donors (Lipinski definition) is 2. The summed E-state index contributed by atoms with van der Waals surface area (Å²) < 4.78 is 13.2. The number of nitrogens with one attached hydrogen (secondary N) is 2. The minimum Gasteiger partial charge on any atom is -0.325 e. The number of hydrogen-bond acceptors (Lipinski definition) is 5. The Hall–Kier alpha value is -4.26. The normalized spacial score (nSPS) is 22.7. The number of amides is 4. The van der Waals surface area contributed by atoms with E-state index in [1.54, 1.807) is 12.1 Å². The van der Waals surface area contributed by atoms with Crippen molar-refractivity contribution < 1.29 is 23.6 Å². The smallest absolute Gasteiger partial charge is 0.313 e. The van der Waals surface area contributed by atoms with Gasteiger partial charge in [-0.15, -0.1) is 0 Å². The van der Waals surface area contributed by atoms with Crippen LogP contribution in [0, 0.1) is 23.1 Å². The average Bonchev–Trinajstić information content (AvgIpc) is 3.57. The van der Waals surface area contributed by atoms with Gasteiger partial charge in [0, 0.05) is 31.4 Å². The van der Waals surface area contributed by atoms with Crippen LogP contribution in [0.1, 0.15) is 31.2 Å². The molecule has 37 heavy (non-hydrogen) atoms. The molecule has 3 aliphatic rings. The van der Waals surface area contributed by atoms with E-state index < -0.39 is 41.0 Å². The first-order chi connectivity index (χ1) is 17.7. The van der Waals surface area contributed by atoms with Crippen LogP contribution in [0.3, 0.4) is 0 Å². The number of nitrogens with zero attached hydrogens (tertiary/aromatic N) is 3. The summed E-state index contributed by atoms with van der Waals surface area (Å²) in [6.07, 6.45) is 2.33. The number of halogens is 1. The highest BCUT2D eigenvalue weighted by Gasteiger charge is 2.57. The summed E-state index contributed by atoms with van der Waals surface area (Å²) in [6, 6.07) is 12.6. The van der Waals surface area contributed by atoms with E-state index in [0.29, 0.717) is 12.1 Å². The van der Waals surface area contributed by atoms with Gasteiger partial charge >= 0.3 is 11.8 Å². The Labute approximate surface area is 213 Å². The Morgan fingerprint density at radius 2 is 1.92 bits per heavy atom. The van der Waals surface area contributed by atoms with Gasteiger partial charge in [-0.05, 0) is 48.2 Å². The Morgan fingerprint density at radius 1 is 1.22 bits per heavy atom. The standard InChI is InChI=1S/C27H26FN5O4/c1-32(25(36)23(34)30-18-10-8-17(28)9-11-18)22(12-16-6-7-16)24(35)33-15-27(13-19(33)14-29)20-4-2-3-5-21(20)31-26(27)37/h2-5,8-11,16,19,22H,6-7,12-13,15H2,1H3,(H,30,34)(H,31,37)/t19-,22-,27-/m0/s1. The van der Waals surface area contributed by atoms with Crippen LogP contribution in [-0.4, -0.2) is 59.1 Å². The number of rotatable bonds is 5. The molecule has 1 saturated carbocycles. The minimum absolute atomic E-state index is 0.0118. The Balaban J connectivity index is 1.38. The van der Waals surface area contributed by atoms with Crippen molar-refractivity contribution in [2.45, 2.75) is 43.2 Å². The maximum atomic E-state index is 13.9. The first-order valence-electron chi connectivity index (χ1n) is 12.2. The van der Waals surface area contributed by atoms with Crippen LogP contribution >= 0.6 is 0 Å². The highest BCUT2D eigenvalue weighted by molar-refractivity contribution is 6.39. The molecule has 2 N–H and O–H groups in total. The molecule has 2 aromatic carbocycles. The summed E-state index contributed by atoms with van der Waals surface area (Å²) in [5.74, 6) is -2.84. The summed E-state index contributed by atoms with van der Waals surface area (Å²) in [7, 11) is 1.39. The zero-order valence-electron chi connectivity index (χ0n) is 20.2. The zero-order chi connectivity index (χ0) is 26.3. The first kappa shape index (κ1) is 24.4. The fourth-order valence-electron chi connectivity index (χ4n) is 5.29. The molecule has 2 heterocycles. The number of likely N-dealkylation sites (tertiary alicyclic amines) is 1. The molecule has 2 aromatic rings. The molecule has 0 radical (unpaired) electrons. The lowest BCUT2D eigenvalue weighted by atomic mass is 9.80. The quantitative estimate of drug-likeness (QED) is 0.607. The molecule has 5 rings (SSSR count). The molecule has 2 fully saturated rings. The summed E-state index contributed by atoms with van der Waals surface area (Å²) in [5.41, 5.74) is 0.615. The van der Waals surface area contributed by atoms with Crippen molar-refractivity contribution in [1.82, 2.24) is 9.80 Å². The number of benzene rings is 2. The van der Waals surface area contributed by atoms with Gasteiger partial charge < -0.3 is 20.4 Å². The third-order valence-electron chi connectivity index (χ3n) is 7.54. The molecular weight excluding hydrogens is 477 g/mol. The lowest BCUT2D eigenvalue weighted by Gasteiger charge is -2.32. The molecule has 10 heteroatoms. The molecule has 1 spiro atoms. The van der Waals surface area contributed by atoms with Gasteiger partial charge in [-0.1, -0.05) is 31.0 Å². The summed E-state index contributed by atoms with van der Waals surface area (Å²) in [6.45, 7) is 0.0118. The van der Waals surface area contributed by atoms with Crippen molar-refractivity contribution in [3.63, 3.8) is 0 Å². The maximum absolute atomic E-state index is 13.9. The van der Waals surface area contributed by atoms with Gasteiger partial charge in [0.25, 0.3) is 0 Å². The van der Waals surface area contributed by atoms with Crippen molar-refractivity contribution in [2.24, 2.45) is 5.92 Å². The van der Waals surface area contributed by atoms with Crippen LogP contribution in [0.2, 0.25) is 0 Å². The molecule has 2 aliphatic heterocycles. The first-order valence-corrected chi connectivity index (χ1v) is 12.2. The fraction of sp³-hybridized carbons (Fsp3) is 0.370. The van der Waals surface area contributed by atoms with E-state index >= 15 is 0 Å². The Kier molecular flexibility index (Phi) is 6.15. The monoisotopic (exact) mass is 503 g/mol. The zero-order valence-corrected chi connectivity index (χ0v) is 20.2. The van der Waals surface area contributed by atoms with Crippen molar-refractivity contribution in [3.8, 4) is 6.07 Å². The van der Waals surface area contributed by atoms with E-state index in [9.17, 15) is 28.8 Å². The van der Waals surface area contributed by atoms with Crippen molar-refractivity contribution in [1.29, 1.82) is 5.26 Å². The topological polar surface area (TPSA) is 123 Å². The number of anilines is 2. The number of likely N-dealkylation sites (N-methyl/N-ethyl adjacent to an activating group) is 1. The second-order valence-corrected chi connectivity index (χ2v) is 9.97. The van der Waals surface area contributed by atoms with E-state index in [0.717, 1.165) is 35.4 Å². The molecule has 190 valence electrons. The molecule has 9 nitrogen and oxygen atoms in total. The second-order valence-electron chi connectivity index (χ2n) is 9.97. The number of nitriles is 1. The highest BCUT2D eigenvalue weighted by Crippen LogP contribution is 2.46. The molecule has 4 amide bonds. The largest absolute Gasteiger partial charge is 0.325 e. The van der Waals surface area contributed by atoms with Crippen molar-refractivity contribution in [3.05, 3.63) is 59.9 Å². The van der Waals surface area contributed by atoms with E-state index in [-0.39, 0.29) is 30.5 Å². The SMILES string of the molecule is CN(C(=O)C(=O)Nc1ccc(F)cc1)[C@@H](CC1CC1)C(=O)N1C[C@]2(C[C@H]1C#N)C(=O)Nc1ccccc12. The third kappa shape index (κ3) is 4.42. The lowest BCUT2D eigenvalue weighted by molar-refractivity contribution is -0.149. The van der Waals surface area contributed by atoms with Gasteiger partial charge in [0.2, 0.25) is 11.8 Å². The van der Waals surface area contributed by atoms with E-state index in [1.165, 1.54) is 24.1 Å². The average molecular weight is 504 g/mol. The molecule has 0 aromatic heterocycles. The number of fused-ring (bicyclic) bond motifs is 2. The van der Waals surface area contributed by atoms with Crippen LogP contribution in [0.25, 0.3) is 0 Å². The van der Waals surface area contributed by atoms with Crippen molar-refractivity contribution in [2.75, 3.05) is 24.2 Å². The van der Waals surface area contributed by atoms with Gasteiger partial charge in [-0.3, -0.25) is 19.2 Å². The summed E-state index contributed by atoms with van der Waals surface area (Å²) in [4.78, 5) is 55.1. The summed E-state index contributed by atoms with van der Waals surface area (Å²) in [5, 5.41) is 15.2. The molecule has 1 aliphatic carbocycles. The number of carbonyl (C=O) groups excluding carboxylic acids is 4. The van der Waals surface area contributed by atoms with E-state index in [4.69, 9.17) is 0 Å². The highest BCUT2D eigenvalue weighted by atomic mass is 19.1. The van der Waals surface area contributed by atoms with Gasteiger partial charge in [0.05, 0.1) is 11.5 Å². The van der Waals surface area contributed by atoms with E-state index in [1.807, 2.05) is 12.1 Å². The molecule has 0 bridgehead atoms. The van der Waals surface area contributed by atoms with Crippen LogP contribution in [-0.2, 0) is 24.6 Å². The van der Waals surface area contributed by atoms with Gasteiger partial charge in [-0.2, -0.15) is 5.26 Å². The predicted molar refractivity (Wildman–Crippen MR) is 131 cm³/mol. The Morgan fingerprint density at radius 3 is 2.59 bits per heavy atom.